The summed E-state index contributed by atoms with van der Waals surface area (Å²) in [6, 6.07) is 8.56. The van der Waals surface area contributed by atoms with Gasteiger partial charge in [0, 0.05) is 32.2 Å². The summed E-state index contributed by atoms with van der Waals surface area (Å²) >= 11 is 0. The zero-order chi connectivity index (χ0) is 12.8. The summed E-state index contributed by atoms with van der Waals surface area (Å²) in [7, 11) is 0. The molecule has 1 aromatic carbocycles. The summed E-state index contributed by atoms with van der Waals surface area (Å²) in [6.45, 7) is 5.79. The molecule has 1 saturated heterocycles. The molecule has 0 atom stereocenters. The fourth-order valence-electron chi connectivity index (χ4n) is 2.08. The maximum Gasteiger partial charge on any atom is 0.216 e. The van der Waals surface area contributed by atoms with Crippen LogP contribution in [-0.4, -0.2) is 38.8 Å². The predicted molar refractivity (Wildman–Crippen MR) is 71.9 cm³/mol. The average Bonchev–Trinajstić information content (AvgIpc) is 2.40. The number of nitrogens with zero attached hydrogens (tertiary/aromatic N) is 1. The smallest absolute Gasteiger partial charge is 0.216 e. The van der Waals surface area contributed by atoms with E-state index in [2.05, 4.69) is 34.5 Å². The summed E-state index contributed by atoms with van der Waals surface area (Å²) in [5, 5.41) is 2.81. The molecule has 0 bridgehead atoms. The topological polar surface area (TPSA) is 41.6 Å². The predicted octanol–water partition coefficient (Wildman–Crippen LogP) is 1.20. The number of anilines is 1. The molecule has 1 heterocycles. The Balaban J connectivity index is 1.86. The highest BCUT2D eigenvalue weighted by Crippen LogP contribution is 2.16. The number of carbonyl (C=O) groups is 1. The number of morpholine rings is 1. The Labute approximate surface area is 108 Å². The first-order chi connectivity index (χ1) is 8.75. The number of nitrogens with one attached hydrogen (secondary N) is 1. The van der Waals surface area contributed by atoms with E-state index in [4.69, 9.17) is 4.74 Å². The van der Waals surface area contributed by atoms with Crippen LogP contribution in [0.4, 0.5) is 5.69 Å². The molecule has 2 rings (SSSR count). The molecule has 4 nitrogen and oxygen atoms in total. The van der Waals surface area contributed by atoms with Crippen molar-refractivity contribution in [2.75, 3.05) is 37.7 Å². The van der Waals surface area contributed by atoms with E-state index in [0.29, 0.717) is 6.54 Å². The highest BCUT2D eigenvalue weighted by molar-refractivity contribution is 5.72. The van der Waals surface area contributed by atoms with E-state index in [-0.39, 0.29) is 5.91 Å². The summed E-state index contributed by atoms with van der Waals surface area (Å²) in [6.07, 6.45) is 0.878. The molecule has 0 saturated carbocycles. The molecule has 1 aliphatic rings. The molecule has 98 valence electrons. The molecule has 1 fully saturated rings. The van der Waals surface area contributed by atoms with Crippen molar-refractivity contribution in [3.05, 3.63) is 29.8 Å². The molecular formula is C14H20N2O2. The molecule has 4 heteroatoms. The largest absolute Gasteiger partial charge is 0.378 e. The van der Waals surface area contributed by atoms with Crippen LogP contribution in [-0.2, 0) is 16.0 Å². The number of hydrogen-bond donors (Lipinski definition) is 1. The first kappa shape index (κ1) is 12.9. The van der Waals surface area contributed by atoms with Crippen molar-refractivity contribution in [1.82, 2.24) is 5.32 Å². The zero-order valence-electron chi connectivity index (χ0n) is 10.8. The third-order valence-electron chi connectivity index (χ3n) is 3.10. The minimum atomic E-state index is 0.0277. The fourth-order valence-corrected chi connectivity index (χ4v) is 2.08. The summed E-state index contributed by atoms with van der Waals surface area (Å²) in [5.41, 5.74) is 2.50. The number of benzene rings is 1. The lowest BCUT2D eigenvalue weighted by molar-refractivity contribution is -0.118. The molecule has 0 aliphatic carbocycles. The summed E-state index contributed by atoms with van der Waals surface area (Å²) < 4.78 is 5.34. The average molecular weight is 248 g/mol. The van der Waals surface area contributed by atoms with Crippen LogP contribution in [0.2, 0.25) is 0 Å². The van der Waals surface area contributed by atoms with Gasteiger partial charge in [-0.15, -0.1) is 0 Å². The summed E-state index contributed by atoms with van der Waals surface area (Å²) in [4.78, 5) is 13.1. The third kappa shape index (κ3) is 3.74. The van der Waals surface area contributed by atoms with E-state index in [1.165, 1.54) is 11.3 Å². The lowest BCUT2D eigenvalue weighted by Crippen LogP contribution is -2.36. The molecule has 1 amide bonds. The second kappa shape index (κ2) is 6.40. The molecule has 18 heavy (non-hydrogen) atoms. The molecule has 1 aromatic rings. The van der Waals surface area contributed by atoms with E-state index >= 15 is 0 Å². The van der Waals surface area contributed by atoms with Crippen molar-refractivity contribution in [2.45, 2.75) is 13.3 Å². The number of ether oxygens (including phenoxy) is 1. The van der Waals surface area contributed by atoms with Gasteiger partial charge in [-0.25, -0.2) is 0 Å². The lowest BCUT2D eigenvalue weighted by Gasteiger charge is -2.28. The van der Waals surface area contributed by atoms with Crippen LogP contribution in [0.5, 0.6) is 0 Å². The number of carbonyl (C=O) groups excluding carboxylic acids is 1. The molecule has 0 spiro atoms. The van der Waals surface area contributed by atoms with E-state index < -0.39 is 0 Å². The second-order valence-electron chi connectivity index (χ2n) is 4.50. The van der Waals surface area contributed by atoms with Crippen LogP contribution in [0.15, 0.2) is 24.3 Å². The van der Waals surface area contributed by atoms with E-state index in [1.807, 2.05) is 0 Å². The van der Waals surface area contributed by atoms with Gasteiger partial charge in [-0.05, 0) is 24.1 Å². The molecular weight excluding hydrogens is 228 g/mol. The van der Waals surface area contributed by atoms with Gasteiger partial charge in [-0.2, -0.15) is 0 Å². The van der Waals surface area contributed by atoms with Crippen molar-refractivity contribution in [3.8, 4) is 0 Å². The number of hydrogen-bond acceptors (Lipinski definition) is 3. The van der Waals surface area contributed by atoms with Gasteiger partial charge in [0.2, 0.25) is 5.91 Å². The van der Waals surface area contributed by atoms with Crippen molar-refractivity contribution in [1.29, 1.82) is 0 Å². The molecule has 0 aromatic heterocycles. The highest BCUT2D eigenvalue weighted by Gasteiger charge is 2.10. The van der Waals surface area contributed by atoms with Gasteiger partial charge >= 0.3 is 0 Å². The quantitative estimate of drug-likeness (QED) is 0.870. The first-order valence-electron chi connectivity index (χ1n) is 6.42. The van der Waals surface area contributed by atoms with Crippen molar-refractivity contribution in [3.63, 3.8) is 0 Å². The van der Waals surface area contributed by atoms with Crippen LogP contribution in [0.3, 0.4) is 0 Å². The van der Waals surface area contributed by atoms with Crippen molar-refractivity contribution >= 4 is 11.6 Å². The van der Waals surface area contributed by atoms with Gasteiger partial charge in [0.1, 0.15) is 0 Å². The van der Waals surface area contributed by atoms with Gasteiger partial charge in [0.05, 0.1) is 13.2 Å². The zero-order valence-corrected chi connectivity index (χ0v) is 10.8. The first-order valence-corrected chi connectivity index (χ1v) is 6.42. The minimum absolute atomic E-state index is 0.0277. The fraction of sp³-hybridized carbons (Fsp3) is 0.500. The molecule has 1 N–H and O–H groups in total. The van der Waals surface area contributed by atoms with Crippen molar-refractivity contribution < 1.29 is 9.53 Å². The van der Waals surface area contributed by atoms with Gasteiger partial charge in [-0.3, -0.25) is 4.79 Å². The third-order valence-corrected chi connectivity index (χ3v) is 3.10. The number of amides is 1. The SMILES string of the molecule is CC(=O)NCCc1ccc(N2CCOCC2)cc1. The molecule has 1 aliphatic heterocycles. The Hall–Kier alpha value is -1.55. The maximum atomic E-state index is 10.8. The van der Waals surface area contributed by atoms with Crippen LogP contribution in [0.25, 0.3) is 0 Å². The van der Waals surface area contributed by atoms with Gasteiger partial charge in [-0.1, -0.05) is 12.1 Å². The molecule has 0 radical (unpaired) electrons. The van der Waals surface area contributed by atoms with Crippen LogP contribution in [0.1, 0.15) is 12.5 Å². The Kier molecular flexibility index (Phi) is 4.59. The second-order valence-corrected chi connectivity index (χ2v) is 4.50. The molecule has 0 unspecified atom stereocenters. The maximum absolute atomic E-state index is 10.8. The van der Waals surface area contributed by atoms with Gasteiger partial charge < -0.3 is 15.0 Å². The van der Waals surface area contributed by atoms with Crippen LogP contribution < -0.4 is 10.2 Å². The number of rotatable bonds is 4. The lowest BCUT2D eigenvalue weighted by atomic mass is 10.1. The van der Waals surface area contributed by atoms with Crippen LogP contribution in [0, 0.1) is 0 Å². The highest BCUT2D eigenvalue weighted by atomic mass is 16.5. The normalized spacial score (nSPS) is 15.5. The minimum Gasteiger partial charge on any atom is -0.378 e. The van der Waals surface area contributed by atoms with E-state index in [0.717, 1.165) is 32.7 Å². The van der Waals surface area contributed by atoms with Crippen molar-refractivity contribution in [2.24, 2.45) is 0 Å². The Morgan fingerprint density at radius 3 is 2.56 bits per heavy atom. The van der Waals surface area contributed by atoms with E-state index in [9.17, 15) is 4.79 Å². The van der Waals surface area contributed by atoms with Gasteiger partial charge in [0.25, 0.3) is 0 Å². The Bertz CT molecular complexity index is 383. The Morgan fingerprint density at radius 2 is 1.94 bits per heavy atom. The van der Waals surface area contributed by atoms with Gasteiger partial charge in [0.15, 0.2) is 0 Å². The standard InChI is InChI=1S/C14H20N2O2/c1-12(17)15-7-6-13-2-4-14(5-3-13)16-8-10-18-11-9-16/h2-5H,6-11H2,1H3,(H,15,17). The Morgan fingerprint density at radius 1 is 1.28 bits per heavy atom. The summed E-state index contributed by atoms with van der Waals surface area (Å²) in [5.74, 6) is 0.0277. The monoisotopic (exact) mass is 248 g/mol. The van der Waals surface area contributed by atoms with Crippen LogP contribution >= 0.6 is 0 Å². The van der Waals surface area contributed by atoms with E-state index in [1.54, 1.807) is 6.92 Å².